The summed E-state index contributed by atoms with van der Waals surface area (Å²) >= 11 is 23.2. The lowest BCUT2D eigenvalue weighted by molar-refractivity contribution is 1.18. The summed E-state index contributed by atoms with van der Waals surface area (Å²) in [4.78, 5) is 1.00. The molecule has 0 N–H and O–H groups in total. The summed E-state index contributed by atoms with van der Waals surface area (Å²) in [5.41, 5.74) is 0.972. The summed E-state index contributed by atoms with van der Waals surface area (Å²) in [5.74, 6) is 0. The van der Waals surface area contributed by atoms with E-state index in [0.29, 0.717) is 10.0 Å². The van der Waals surface area contributed by atoms with Crippen molar-refractivity contribution in [1.82, 2.24) is 0 Å². The predicted octanol–water partition coefficient (Wildman–Crippen LogP) is 6.15. The molecular weight excluding hydrogens is 350 g/mol. The Morgan fingerprint density at radius 1 is 1.19 bits per heavy atom. The maximum absolute atomic E-state index is 6.36. The van der Waals surface area contributed by atoms with Gasteiger partial charge in [-0.15, -0.1) is 22.9 Å². The van der Waals surface area contributed by atoms with Crippen molar-refractivity contribution in [2.75, 3.05) is 0 Å². The van der Waals surface area contributed by atoms with E-state index < -0.39 is 0 Å². The van der Waals surface area contributed by atoms with Gasteiger partial charge in [-0.2, -0.15) is 0 Å². The molecule has 0 spiro atoms. The molecule has 0 radical (unpaired) electrons. The fourth-order valence-corrected chi connectivity index (χ4v) is 3.60. The zero-order valence-electron chi connectivity index (χ0n) is 7.88. The van der Waals surface area contributed by atoms with Crippen LogP contribution < -0.4 is 0 Å². The average molecular weight is 356 g/mol. The monoisotopic (exact) mass is 354 g/mol. The quantitative estimate of drug-likeness (QED) is 0.567. The van der Waals surface area contributed by atoms with Crippen LogP contribution in [0.3, 0.4) is 0 Å². The van der Waals surface area contributed by atoms with E-state index in [1.807, 2.05) is 30.3 Å². The molecule has 1 aromatic heterocycles. The molecule has 5 heteroatoms. The SMILES string of the molecule is Clc1cccc(C(Cl)c2cc(Cl)c(Br)s2)c1. The molecule has 1 atom stereocenters. The van der Waals surface area contributed by atoms with Crippen LogP contribution in [0, 0.1) is 0 Å². The number of rotatable bonds is 2. The lowest BCUT2D eigenvalue weighted by Gasteiger charge is -2.07. The number of hydrogen-bond donors (Lipinski definition) is 0. The second-order valence-corrected chi connectivity index (χ2v) is 6.87. The van der Waals surface area contributed by atoms with Crippen LogP contribution in [0.5, 0.6) is 0 Å². The van der Waals surface area contributed by atoms with Gasteiger partial charge in [-0.25, -0.2) is 0 Å². The molecule has 16 heavy (non-hydrogen) atoms. The maximum Gasteiger partial charge on any atom is 0.0929 e. The molecule has 0 aliphatic heterocycles. The van der Waals surface area contributed by atoms with E-state index in [1.165, 1.54) is 11.3 Å². The molecule has 1 heterocycles. The summed E-state index contributed by atoms with van der Waals surface area (Å²) in [6, 6.07) is 9.39. The summed E-state index contributed by atoms with van der Waals surface area (Å²) in [5, 5.41) is 1.16. The normalized spacial score (nSPS) is 12.8. The molecule has 0 saturated heterocycles. The van der Waals surface area contributed by atoms with E-state index in [0.717, 1.165) is 14.2 Å². The first-order chi connectivity index (χ1) is 7.58. The van der Waals surface area contributed by atoms with Gasteiger partial charge in [0.15, 0.2) is 0 Å². The molecular formula is C11H6BrCl3S. The predicted molar refractivity (Wildman–Crippen MR) is 76.2 cm³/mol. The molecule has 0 aliphatic carbocycles. The molecule has 0 bridgehead atoms. The number of hydrogen-bond acceptors (Lipinski definition) is 1. The topological polar surface area (TPSA) is 0 Å². The van der Waals surface area contributed by atoms with Gasteiger partial charge in [0, 0.05) is 9.90 Å². The minimum absolute atomic E-state index is 0.215. The van der Waals surface area contributed by atoms with Crippen LogP contribution in [-0.4, -0.2) is 0 Å². The highest BCUT2D eigenvalue weighted by Gasteiger charge is 2.15. The average Bonchev–Trinajstić information content (AvgIpc) is 2.58. The Labute approximate surface area is 121 Å². The van der Waals surface area contributed by atoms with E-state index in [9.17, 15) is 0 Å². The second-order valence-electron chi connectivity index (χ2n) is 3.19. The van der Waals surface area contributed by atoms with Crippen molar-refractivity contribution in [2.45, 2.75) is 5.38 Å². The number of benzene rings is 1. The Hall–Kier alpha value is 0.270. The molecule has 1 aromatic carbocycles. The van der Waals surface area contributed by atoms with Crippen molar-refractivity contribution in [2.24, 2.45) is 0 Å². The van der Waals surface area contributed by atoms with Crippen LogP contribution in [0.15, 0.2) is 34.1 Å². The summed E-state index contributed by atoms with van der Waals surface area (Å²) in [6.07, 6.45) is 0. The fraction of sp³-hybridized carbons (Fsp3) is 0.0909. The maximum atomic E-state index is 6.36. The molecule has 2 rings (SSSR count). The van der Waals surface area contributed by atoms with Gasteiger partial charge in [-0.3, -0.25) is 0 Å². The third-order valence-electron chi connectivity index (χ3n) is 2.06. The highest BCUT2D eigenvalue weighted by Crippen LogP contribution is 2.40. The van der Waals surface area contributed by atoms with E-state index in [2.05, 4.69) is 15.9 Å². The van der Waals surface area contributed by atoms with Crippen LogP contribution in [0.2, 0.25) is 10.0 Å². The first kappa shape index (κ1) is 12.7. The van der Waals surface area contributed by atoms with E-state index >= 15 is 0 Å². The number of thiophene rings is 1. The van der Waals surface area contributed by atoms with Crippen LogP contribution in [0.25, 0.3) is 0 Å². The lowest BCUT2D eigenvalue weighted by atomic mass is 10.1. The molecule has 84 valence electrons. The van der Waals surface area contributed by atoms with Crippen LogP contribution in [0.4, 0.5) is 0 Å². The standard InChI is InChI=1S/C11H6BrCl3S/c12-11-8(14)5-9(16-11)10(15)6-2-1-3-7(13)4-6/h1-5,10H. The molecule has 0 aliphatic rings. The number of halogens is 4. The van der Waals surface area contributed by atoms with Crippen molar-refractivity contribution in [3.63, 3.8) is 0 Å². The van der Waals surface area contributed by atoms with E-state index in [-0.39, 0.29) is 5.38 Å². The Morgan fingerprint density at radius 3 is 2.50 bits per heavy atom. The lowest BCUT2D eigenvalue weighted by Crippen LogP contribution is -1.89. The zero-order chi connectivity index (χ0) is 11.7. The first-order valence-electron chi connectivity index (χ1n) is 4.42. The van der Waals surface area contributed by atoms with Crippen molar-refractivity contribution in [3.05, 3.63) is 54.6 Å². The van der Waals surface area contributed by atoms with Crippen molar-refractivity contribution in [3.8, 4) is 0 Å². The van der Waals surface area contributed by atoms with Gasteiger partial charge >= 0.3 is 0 Å². The van der Waals surface area contributed by atoms with E-state index in [4.69, 9.17) is 34.8 Å². The van der Waals surface area contributed by atoms with Gasteiger partial charge in [0.2, 0.25) is 0 Å². The number of alkyl halides is 1. The summed E-state index contributed by atoms with van der Waals surface area (Å²) in [7, 11) is 0. The van der Waals surface area contributed by atoms with Gasteiger partial charge in [-0.1, -0.05) is 35.3 Å². The molecule has 0 fully saturated rings. The summed E-state index contributed by atoms with van der Waals surface area (Å²) in [6.45, 7) is 0. The van der Waals surface area contributed by atoms with Crippen LogP contribution in [-0.2, 0) is 0 Å². The van der Waals surface area contributed by atoms with Crippen LogP contribution >= 0.6 is 62.1 Å². The fourth-order valence-electron chi connectivity index (χ4n) is 1.32. The smallest absolute Gasteiger partial charge is 0.0929 e. The zero-order valence-corrected chi connectivity index (χ0v) is 12.6. The first-order valence-corrected chi connectivity index (χ1v) is 7.22. The van der Waals surface area contributed by atoms with Gasteiger partial charge in [0.1, 0.15) is 0 Å². The highest BCUT2D eigenvalue weighted by molar-refractivity contribution is 9.11. The third kappa shape index (κ3) is 2.74. The molecule has 0 amide bonds. The van der Waals surface area contributed by atoms with Crippen molar-refractivity contribution >= 4 is 62.1 Å². The minimum atomic E-state index is -0.215. The second kappa shape index (κ2) is 5.28. The molecule has 2 aromatic rings. The molecule has 0 nitrogen and oxygen atoms in total. The van der Waals surface area contributed by atoms with Crippen LogP contribution in [0.1, 0.15) is 15.8 Å². The Kier molecular flexibility index (Phi) is 4.20. The molecule has 0 saturated carbocycles. The van der Waals surface area contributed by atoms with Gasteiger partial charge in [0.25, 0.3) is 0 Å². The Bertz CT molecular complexity index is 490. The van der Waals surface area contributed by atoms with Crippen molar-refractivity contribution < 1.29 is 0 Å². The third-order valence-corrected chi connectivity index (χ3v) is 5.45. The Balaban J connectivity index is 2.35. The van der Waals surface area contributed by atoms with E-state index in [1.54, 1.807) is 0 Å². The summed E-state index contributed by atoms with van der Waals surface area (Å²) < 4.78 is 0.900. The van der Waals surface area contributed by atoms with Gasteiger partial charge in [0.05, 0.1) is 14.2 Å². The van der Waals surface area contributed by atoms with Crippen molar-refractivity contribution in [1.29, 1.82) is 0 Å². The minimum Gasteiger partial charge on any atom is -0.130 e. The largest absolute Gasteiger partial charge is 0.130 e. The molecule has 1 unspecified atom stereocenters. The van der Waals surface area contributed by atoms with Gasteiger partial charge < -0.3 is 0 Å². The highest BCUT2D eigenvalue weighted by atomic mass is 79.9. The Morgan fingerprint density at radius 2 is 1.94 bits per heavy atom. The van der Waals surface area contributed by atoms with Gasteiger partial charge in [-0.05, 0) is 39.7 Å².